The molecule has 1 aromatic carbocycles. The van der Waals surface area contributed by atoms with Gasteiger partial charge in [-0.2, -0.15) is 8.78 Å². The number of benzene rings is 1. The zero-order valence-corrected chi connectivity index (χ0v) is 17.0. The first kappa shape index (κ1) is 20.9. The van der Waals surface area contributed by atoms with E-state index in [1.54, 1.807) is 19.2 Å². The molecule has 0 saturated carbocycles. The van der Waals surface area contributed by atoms with Gasteiger partial charge in [0.15, 0.2) is 17.5 Å². The van der Waals surface area contributed by atoms with Gasteiger partial charge in [0.25, 0.3) is 0 Å². The van der Waals surface area contributed by atoms with Gasteiger partial charge in [-0.3, -0.25) is 4.99 Å². The molecule has 3 atom stereocenters. The number of hydrogen-bond acceptors (Lipinski definition) is 4. The van der Waals surface area contributed by atoms with Crippen LogP contribution in [0.1, 0.15) is 24.8 Å². The molecule has 2 aliphatic rings. The molecule has 9 heteroatoms. The number of alkyl halides is 2. The summed E-state index contributed by atoms with van der Waals surface area (Å²) in [7, 11) is 3.11. The average molecular weight is 483 g/mol. The van der Waals surface area contributed by atoms with Crippen LogP contribution in [0.2, 0.25) is 0 Å². The van der Waals surface area contributed by atoms with Crippen LogP contribution in [0.15, 0.2) is 23.2 Å². The number of fused-ring (bicyclic) bond motifs is 2. The van der Waals surface area contributed by atoms with E-state index in [2.05, 4.69) is 20.4 Å². The Balaban J connectivity index is 0.00000243. The second kappa shape index (κ2) is 9.54. The molecule has 2 bridgehead atoms. The number of rotatable bonds is 6. The fraction of sp³-hybridized carbons (Fsp3) is 0.588. The molecule has 0 radical (unpaired) electrons. The fourth-order valence-corrected chi connectivity index (χ4v) is 3.36. The van der Waals surface area contributed by atoms with E-state index >= 15 is 0 Å². The van der Waals surface area contributed by atoms with Crippen LogP contribution in [0.3, 0.4) is 0 Å². The lowest BCUT2D eigenvalue weighted by atomic mass is 9.96. The summed E-state index contributed by atoms with van der Waals surface area (Å²) in [6, 6.07) is 5.19. The first-order valence-corrected chi connectivity index (χ1v) is 8.33. The number of nitrogens with one attached hydrogen (secondary N) is 2. The molecule has 2 heterocycles. The number of guanidine groups is 1. The van der Waals surface area contributed by atoms with E-state index in [0.29, 0.717) is 18.6 Å². The Bertz CT molecular complexity index is 633. The summed E-state index contributed by atoms with van der Waals surface area (Å²) in [5, 5.41) is 6.56. The van der Waals surface area contributed by atoms with Crippen LogP contribution in [0, 0.1) is 0 Å². The Morgan fingerprint density at radius 2 is 2.15 bits per heavy atom. The van der Waals surface area contributed by atoms with E-state index in [-0.39, 0.29) is 47.6 Å². The van der Waals surface area contributed by atoms with E-state index in [1.807, 2.05) is 0 Å². The Morgan fingerprint density at radius 1 is 1.35 bits per heavy atom. The number of nitrogens with zero attached hydrogens (tertiary/aromatic N) is 1. The minimum atomic E-state index is -2.90. The van der Waals surface area contributed by atoms with Crippen molar-refractivity contribution in [1.82, 2.24) is 10.6 Å². The van der Waals surface area contributed by atoms with Gasteiger partial charge in [-0.15, -0.1) is 24.0 Å². The Labute approximate surface area is 168 Å². The number of aliphatic imine (C=N–C) groups is 1. The Kier molecular flexibility index (Phi) is 7.69. The maximum atomic E-state index is 12.5. The standard InChI is InChI=1S/C17H23F2N3O3.HI/c1-20-17(22-12-8-11-4-6-13(12)24-11)21-9-10-3-5-14(23-2)15(7-10)25-16(18)19;/h3,5,7,11-13,16H,4,6,8-9H2,1-2H3,(H2,20,21,22);1H. The number of ether oxygens (including phenoxy) is 3. The molecule has 26 heavy (non-hydrogen) atoms. The van der Waals surface area contributed by atoms with Gasteiger partial charge < -0.3 is 24.8 Å². The summed E-state index contributed by atoms with van der Waals surface area (Å²) in [6.45, 7) is -2.48. The van der Waals surface area contributed by atoms with Gasteiger partial charge in [0, 0.05) is 13.6 Å². The third-order valence-electron chi connectivity index (χ3n) is 4.56. The number of hydrogen-bond donors (Lipinski definition) is 2. The highest BCUT2D eigenvalue weighted by Gasteiger charge is 2.41. The third-order valence-corrected chi connectivity index (χ3v) is 4.56. The van der Waals surface area contributed by atoms with Gasteiger partial charge >= 0.3 is 6.61 Å². The molecule has 1 aromatic rings. The summed E-state index contributed by atoms with van der Waals surface area (Å²) in [6.07, 6.45) is 3.80. The van der Waals surface area contributed by atoms with E-state index in [1.165, 1.54) is 13.2 Å². The highest BCUT2D eigenvalue weighted by molar-refractivity contribution is 14.0. The largest absolute Gasteiger partial charge is 0.493 e. The molecule has 0 spiro atoms. The topological polar surface area (TPSA) is 64.1 Å². The highest BCUT2D eigenvalue weighted by atomic mass is 127. The molecule has 3 rings (SSSR count). The SMILES string of the molecule is CN=C(NCc1ccc(OC)c(OC(F)F)c1)NC1CC2CCC1O2.I. The van der Waals surface area contributed by atoms with Crippen LogP contribution in [-0.2, 0) is 11.3 Å². The molecule has 0 aliphatic carbocycles. The van der Waals surface area contributed by atoms with Crippen molar-refractivity contribution in [2.45, 2.75) is 50.7 Å². The van der Waals surface area contributed by atoms with Crippen LogP contribution in [0.25, 0.3) is 0 Å². The molecule has 2 N–H and O–H groups in total. The summed E-state index contributed by atoms with van der Waals surface area (Å²) in [5.41, 5.74) is 0.781. The van der Waals surface area contributed by atoms with Crippen molar-refractivity contribution in [3.8, 4) is 11.5 Å². The van der Waals surface area contributed by atoms with Crippen LogP contribution in [-0.4, -0.2) is 45.0 Å². The van der Waals surface area contributed by atoms with Crippen LogP contribution < -0.4 is 20.1 Å². The molecule has 0 aromatic heterocycles. The van der Waals surface area contributed by atoms with Gasteiger partial charge in [0.05, 0.1) is 25.4 Å². The monoisotopic (exact) mass is 483 g/mol. The lowest BCUT2D eigenvalue weighted by molar-refractivity contribution is -0.0512. The molecule has 146 valence electrons. The van der Waals surface area contributed by atoms with E-state index in [0.717, 1.165) is 24.8 Å². The molecule has 3 unspecified atom stereocenters. The summed E-state index contributed by atoms with van der Waals surface area (Å²) >= 11 is 0. The lowest BCUT2D eigenvalue weighted by Crippen LogP contribution is -2.47. The predicted molar refractivity (Wildman–Crippen MR) is 105 cm³/mol. The Morgan fingerprint density at radius 3 is 2.73 bits per heavy atom. The second-order valence-electron chi connectivity index (χ2n) is 6.15. The molecule has 2 saturated heterocycles. The van der Waals surface area contributed by atoms with Crippen LogP contribution >= 0.6 is 24.0 Å². The van der Waals surface area contributed by atoms with E-state index in [9.17, 15) is 8.78 Å². The molecule has 0 amide bonds. The highest BCUT2D eigenvalue weighted by Crippen LogP contribution is 2.34. The lowest BCUT2D eigenvalue weighted by Gasteiger charge is -2.22. The first-order valence-electron chi connectivity index (χ1n) is 8.33. The van der Waals surface area contributed by atoms with Gasteiger partial charge in [-0.25, -0.2) is 0 Å². The van der Waals surface area contributed by atoms with Crippen molar-refractivity contribution in [3.05, 3.63) is 23.8 Å². The van der Waals surface area contributed by atoms with Gasteiger partial charge in [0.1, 0.15) is 0 Å². The molecule has 6 nitrogen and oxygen atoms in total. The van der Waals surface area contributed by atoms with Crippen molar-refractivity contribution >= 4 is 29.9 Å². The third kappa shape index (κ3) is 5.09. The quantitative estimate of drug-likeness (QED) is 0.370. The predicted octanol–water partition coefficient (Wildman–Crippen LogP) is 2.90. The van der Waals surface area contributed by atoms with Crippen molar-refractivity contribution < 1.29 is 23.0 Å². The fourth-order valence-electron chi connectivity index (χ4n) is 3.36. The average Bonchev–Trinajstić information content (AvgIpc) is 3.21. The number of halogens is 3. The maximum absolute atomic E-state index is 12.5. The summed E-state index contributed by atoms with van der Waals surface area (Å²) in [4.78, 5) is 4.22. The van der Waals surface area contributed by atoms with Crippen molar-refractivity contribution in [2.75, 3.05) is 14.2 Å². The smallest absolute Gasteiger partial charge is 0.387 e. The normalized spacial score (nSPS) is 24.3. The van der Waals surface area contributed by atoms with Crippen LogP contribution in [0.5, 0.6) is 11.5 Å². The molecule has 2 fully saturated rings. The van der Waals surface area contributed by atoms with Crippen molar-refractivity contribution in [3.63, 3.8) is 0 Å². The minimum absolute atomic E-state index is 0. The van der Waals surface area contributed by atoms with Gasteiger partial charge in [-0.1, -0.05) is 6.07 Å². The molecular weight excluding hydrogens is 459 g/mol. The molecule has 2 aliphatic heterocycles. The minimum Gasteiger partial charge on any atom is -0.493 e. The Hall–Kier alpha value is -1.36. The second-order valence-corrected chi connectivity index (χ2v) is 6.15. The summed E-state index contributed by atoms with van der Waals surface area (Å²) < 4.78 is 40.4. The van der Waals surface area contributed by atoms with E-state index in [4.69, 9.17) is 9.47 Å². The van der Waals surface area contributed by atoms with Crippen molar-refractivity contribution in [1.29, 1.82) is 0 Å². The van der Waals surface area contributed by atoms with Gasteiger partial charge in [0.2, 0.25) is 0 Å². The zero-order chi connectivity index (χ0) is 17.8. The van der Waals surface area contributed by atoms with Gasteiger partial charge in [-0.05, 0) is 37.0 Å². The summed E-state index contributed by atoms with van der Waals surface area (Å²) in [5.74, 6) is 0.945. The zero-order valence-electron chi connectivity index (χ0n) is 14.7. The van der Waals surface area contributed by atoms with Crippen LogP contribution in [0.4, 0.5) is 8.78 Å². The number of methoxy groups -OCH3 is 1. The van der Waals surface area contributed by atoms with E-state index < -0.39 is 6.61 Å². The van der Waals surface area contributed by atoms with Crippen molar-refractivity contribution in [2.24, 2.45) is 4.99 Å². The molecular formula is C17H24F2IN3O3. The maximum Gasteiger partial charge on any atom is 0.387 e. The first-order chi connectivity index (χ1) is 12.1.